The SMILES string of the molecule is CC(C)(CN1CCn2nc(CNc3cnccn3)cc2C1)N1CCCCC1. The average molecular weight is 370 g/mol. The molecule has 0 unspecified atom stereocenters. The van der Waals surface area contributed by atoms with E-state index in [1.165, 1.54) is 38.0 Å². The fourth-order valence-corrected chi connectivity index (χ4v) is 4.32. The summed E-state index contributed by atoms with van der Waals surface area (Å²) in [6.45, 7) is 12.1. The third-order valence-corrected chi connectivity index (χ3v) is 5.76. The van der Waals surface area contributed by atoms with E-state index in [0.717, 1.165) is 37.7 Å². The van der Waals surface area contributed by atoms with Crippen molar-refractivity contribution in [1.29, 1.82) is 0 Å². The lowest BCUT2D eigenvalue weighted by molar-refractivity contribution is 0.0478. The summed E-state index contributed by atoms with van der Waals surface area (Å²) in [5, 5.41) is 8.05. The molecule has 7 heteroatoms. The van der Waals surface area contributed by atoms with Gasteiger partial charge in [-0.25, -0.2) is 4.98 Å². The molecule has 2 aromatic heterocycles. The zero-order valence-corrected chi connectivity index (χ0v) is 16.6. The minimum Gasteiger partial charge on any atom is -0.363 e. The molecule has 1 fully saturated rings. The second-order valence-electron chi connectivity index (χ2n) is 8.37. The number of rotatable bonds is 6. The molecule has 2 aromatic rings. The van der Waals surface area contributed by atoms with Crippen molar-refractivity contribution in [1.82, 2.24) is 29.5 Å². The molecule has 146 valence electrons. The molecule has 2 aliphatic heterocycles. The molecule has 1 N–H and O–H groups in total. The summed E-state index contributed by atoms with van der Waals surface area (Å²) in [5.74, 6) is 0.786. The van der Waals surface area contributed by atoms with Crippen molar-refractivity contribution in [3.05, 3.63) is 36.0 Å². The number of likely N-dealkylation sites (tertiary alicyclic amines) is 1. The van der Waals surface area contributed by atoms with Crippen molar-refractivity contribution >= 4 is 5.82 Å². The molecule has 0 amide bonds. The Balaban J connectivity index is 1.34. The molecule has 4 heterocycles. The number of aromatic nitrogens is 4. The predicted octanol–water partition coefficient (Wildman–Crippen LogP) is 2.37. The van der Waals surface area contributed by atoms with Crippen LogP contribution in [-0.4, -0.2) is 61.3 Å². The highest BCUT2D eigenvalue weighted by molar-refractivity contribution is 5.31. The Hall–Kier alpha value is -1.99. The fourth-order valence-electron chi connectivity index (χ4n) is 4.32. The van der Waals surface area contributed by atoms with E-state index in [-0.39, 0.29) is 5.54 Å². The molecule has 2 aliphatic rings. The predicted molar refractivity (Wildman–Crippen MR) is 106 cm³/mol. The Morgan fingerprint density at radius 2 is 1.93 bits per heavy atom. The van der Waals surface area contributed by atoms with Gasteiger partial charge in [-0.15, -0.1) is 0 Å². The van der Waals surface area contributed by atoms with Crippen LogP contribution in [0.2, 0.25) is 0 Å². The van der Waals surface area contributed by atoms with E-state index < -0.39 is 0 Å². The number of anilines is 1. The zero-order chi connectivity index (χ0) is 18.7. The number of nitrogens with one attached hydrogen (secondary N) is 1. The molecule has 0 aliphatic carbocycles. The van der Waals surface area contributed by atoms with Gasteiger partial charge in [-0.1, -0.05) is 6.42 Å². The first-order chi connectivity index (χ1) is 13.1. The summed E-state index contributed by atoms with van der Waals surface area (Å²) in [4.78, 5) is 13.6. The van der Waals surface area contributed by atoms with Gasteiger partial charge >= 0.3 is 0 Å². The first-order valence-electron chi connectivity index (χ1n) is 10.1. The number of nitrogens with zero attached hydrogens (tertiary/aromatic N) is 6. The maximum absolute atomic E-state index is 4.76. The molecule has 0 atom stereocenters. The van der Waals surface area contributed by atoms with Gasteiger partial charge in [0, 0.05) is 37.6 Å². The number of hydrogen-bond acceptors (Lipinski definition) is 6. The third-order valence-electron chi connectivity index (χ3n) is 5.76. The van der Waals surface area contributed by atoms with Gasteiger partial charge in [0.25, 0.3) is 0 Å². The Morgan fingerprint density at radius 1 is 1.07 bits per heavy atom. The smallest absolute Gasteiger partial charge is 0.144 e. The number of piperidine rings is 1. The van der Waals surface area contributed by atoms with E-state index in [4.69, 9.17) is 5.10 Å². The van der Waals surface area contributed by atoms with Crippen LogP contribution in [0.25, 0.3) is 0 Å². The highest BCUT2D eigenvalue weighted by atomic mass is 15.4. The van der Waals surface area contributed by atoms with Gasteiger partial charge in [-0.3, -0.25) is 19.5 Å². The van der Waals surface area contributed by atoms with Crippen molar-refractivity contribution in [3.63, 3.8) is 0 Å². The van der Waals surface area contributed by atoms with E-state index in [1.807, 2.05) is 0 Å². The topological polar surface area (TPSA) is 62.1 Å². The first kappa shape index (κ1) is 18.4. The molecule has 0 radical (unpaired) electrons. The highest BCUT2D eigenvalue weighted by Gasteiger charge is 2.31. The van der Waals surface area contributed by atoms with Crippen LogP contribution in [0.1, 0.15) is 44.5 Å². The largest absolute Gasteiger partial charge is 0.363 e. The highest BCUT2D eigenvalue weighted by Crippen LogP contribution is 2.24. The minimum absolute atomic E-state index is 0.235. The van der Waals surface area contributed by atoms with Crippen LogP contribution in [0.15, 0.2) is 24.7 Å². The quantitative estimate of drug-likeness (QED) is 0.843. The lowest BCUT2D eigenvalue weighted by Gasteiger charge is -2.44. The molecule has 0 aromatic carbocycles. The summed E-state index contributed by atoms with van der Waals surface area (Å²) < 4.78 is 2.16. The Morgan fingerprint density at radius 3 is 2.70 bits per heavy atom. The van der Waals surface area contributed by atoms with Crippen LogP contribution < -0.4 is 5.32 Å². The molecule has 4 rings (SSSR count). The van der Waals surface area contributed by atoms with Crippen molar-refractivity contribution in [2.75, 3.05) is 31.5 Å². The number of fused-ring (bicyclic) bond motifs is 1. The van der Waals surface area contributed by atoms with Crippen LogP contribution in [0.5, 0.6) is 0 Å². The fraction of sp³-hybridized carbons (Fsp3) is 0.650. The van der Waals surface area contributed by atoms with Crippen LogP contribution in [0.4, 0.5) is 5.82 Å². The van der Waals surface area contributed by atoms with E-state index in [1.54, 1.807) is 18.6 Å². The Kier molecular flexibility index (Phi) is 5.41. The summed E-state index contributed by atoms with van der Waals surface area (Å²) in [7, 11) is 0. The molecule has 0 bridgehead atoms. The van der Waals surface area contributed by atoms with Gasteiger partial charge < -0.3 is 5.32 Å². The monoisotopic (exact) mass is 369 g/mol. The average Bonchev–Trinajstić information content (AvgIpc) is 3.10. The molecule has 0 saturated carbocycles. The van der Waals surface area contributed by atoms with Gasteiger partial charge in [0.15, 0.2) is 0 Å². The molecule has 1 saturated heterocycles. The second-order valence-corrected chi connectivity index (χ2v) is 8.37. The van der Waals surface area contributed by atoms with E-state index in [0.29, 0.717) is 6.54 Å². The number of hydrogen-bond donors (Lipinski definition) is 1. The van der Waals surface area contributed by atoms with Gasteiger partial charge in [0.1, 0.15) is 5.82 Å². The molecular weight excluding hydrogens is 338 g/mol. The zero-order valence-electron chi connectivity index (χ0n) is 16.6. The molecule has 27 heavy (non-hydrogen) atoms. The van der Waals surface area contributed by atoms with Gasteiger partial charge in [-0.05, 0) is 45.8 Å². The van der Waals surface area contributed by atoms with Crippen molar-refractivity contribution in [2.24, 2.45) is 0 Å². The summed E-state index contributed by atoms with van der Waals surface area (Å²) in [5.41, 5.74) is 2.61. The normalized spacial score (nSPS) is 19.0. The van der Waals surface area contributed by atoms with E-state index in [9.17, 15) is 0 Å². The second kappa shape index (κ2) is 7.94. The van der Waals surface area contributed by atoms with Gasteiger partial charge in [0.2, 0.25) is 0 Å². The maximum atomic E-state index is 4.76. The standard InChI is InChI=1S/C20H31N7/c1-20(2,26-8-4-3-5-9-26)16-25-10-11-27-18(15-25)12-17(24-27)13-23-19-14-21-6-7-22-19/h6-7,12,14H,3-5,8-11,13,15-16H2,1-2H3,(H,22,23). The van der Waals surface area contributed by atoms with Crippen LogP contribution in [0, 0.1) is 0 Å². The molecule has 0 spiro atoms. The van der Waals surface area contributed by atoms with Crippen LogP contribution >= 0.6 is 0 Å². The van der Waals surface area contributed by atoms with Crippen molar-refractivity contribution in [3.8, 4) is 0 Å². The van der Waals surface area contributed by atoms with Crippen molar-refractivity contribution < 1.29 is 0 Å². The van der Waals surface area contributed by atoms with Gasteiger partial charge in [0.05, 0.1) is 30.7 Å². The van der Waals surface area contributed by atoms with Crippen LogP contribution in [0.3, 0.4) is 0 Å². The molecular formula is C20H31N7. The Labute approximate surface area is 161 Å². The summed E-state index contributed by atoms with van der Waals surface area (Å²) >= 11 is 0. The lowest BCUT2D eigenvalue weighted by Crippen LogP contribution is -2.54. The van der Waals surface area contributed by atoms with Crippen molar-refractivity contribution in [2.45, 2.75) is 58.3 Å². The summed E-state index contributed by atoms with van der Waals surface area (Å²) in [6, 6.07) is 2.23. The van der Waals surface area contributed by atoms with E-state index >= 15 is 0 Å². The Bertz CT molecular complexity index is 734. The lowest BCUT2D eigenvalue weighted by atomic mass is 9.97. The maximum Gasteiger partial charge on any atom is 0.144 e. The third kappa shape index (κ3) is 4.47. The van der Waals surface area contributed by atoms with E-state index in [2.05, 4.69) is 49.7 Å². The molecule has 7 nitrogen and oxygen atoms in total. The first-order valence-corrected chi connectivity index (χ1v) is 10.1. The minimum atomic E-state index is 0.235. The van der Waals surface area contributed by atoms with Crippen LogP contribution in [-0.2, 0) is 19.6 Å². The summed E-state index contributed by atoms with van der Waals surface area (Å²) in [6.07, 6.45) is 9.20. The van der Waals surface area contributed by atoms with Gasteiger partial charge in [-0.2, -0.15) is 5.10 Å².